The van der Waals surface area contributed by atoms with Gasteiger partial charge >= 0.3 is 0 Å². The van der Waals surface area contributed by atoms with E-state index in [4.69, 9.17) is 0 Å². The summed E-state index contributed by atoms with van der Waals surface area (Å²) >= 11 is 0. The van der Waals surface area contributed by atoms with E-state index in [1.165, 1.54) is 30.3 Å². The summed E-state index contributed by atoms with van der Waals surface area (Å²) in [4.78, 5) is 22.1. The molecule has 5 nitrogen and oxygen atoms in total. The second-order valence-electron chi connectivity index (χ2n) is 7.99. The van der Waals surface area contributed by atoms with E-state index in [1.807, 2.05) is 40.9 Å². The molecule has 0 aliphatic carbocycles. The van der Waals surface area contributed by atoms with Crippen molar-refractivity contribution < 1.29 is 13.6 Å². The van der Waals surface area contributed by atoms with E-state index in [1.54, 1.807) is 26.1 Å². The Morgan fingerprint density at radius 1 is 0.912 bits per heavy atom. The second kappa shape index (κ2) is 8.51. The van der Waals surface area contributed by atoms with E-state index < -0.39 is 0 Å². The van der Waals surface area contributed by atoms with Crippen LogP contribution in [0.25, 0.3) is 28.2 Å². The summed E-state index contributed by atoms with van der Waals surface area (Å²) < 4.78 is 29.2. The molecule has 0 radical (unpaired) electrons. The molecule has 1 N–H and O–H groups in total. The first-order valence-corrected chi connectivity index (χ1v) is 10.7. The van der Waals surface area contributed by atoms with Crippen molar-refractivity contribution >= 4 is 17.1 Å². The normalized spacial score (nSPS) is 11.1. The van der Waals surface area contributed by atoms with Gasteiger partial charge in [0.1, 0.15) is 23.2 Å². The summed E-state index contributed by atoms with van der Waals surface area (Å²) in [5.74, 6) is -0.434. The van der Waals surface area contributed by atoms with Crippen molar-refractivity contribution in [1.29, 1.82) is 0 Å². The number of halogens is 2. The highest BCUT2D eigenvalue weighted by atomic mass is 19.1. The minimum Gasteiger partial charge on any atom is -0.321 e. The van der Waals surface area contributed by atoms with Crippen molar-refractivity contribution in [2.24, 2.45) is 0 Å². The van der Waals surface area contributed by atoms with Crippen LogP contribution in [-0.2, 0) is 0 Å². The van der Waals surface area contributed by atoms with Crippen LogP contribution in [0.3, 0.4) is 0 Å². The Bertz CT molecular complexity index is 1540. The number of carbonyl (C=O) groups excluding carboxylic acids is 1. The summed E-state index contributed by atoms with van der Waals surface area (Å²) in [6, 6.07) is 17.9. The van der Waals surface area contributed by atoms with Gasteiger partial charge in [-0.2, -0.15) is 0 Å². The lowest BCUT2D eigenvalue weighted by atomic mass is 10.1. The Hall–Kier alpha value is -4.39. The molecule has 0 saturated carbocycles. The van der Waals surface area contributed by atoms with Gasteiger partial charge < -0.3 is 5.32 Å². The van der Waals surface area contributed by atoms with E-state index in [0.29, 0.717) is 33.9 Å². The summed E-state index contributed by atoms with van der Waals surface area (Å²) in [6.45, 7) is 3.53. The van der Waals surface area contributed by atoms with Gasteiger partial charge in [0.2, 0.25) is 0 Å². The zero-order chi connectivity index (χ0) is 23.8. The molecule has 0 atom stereocenters. The molecule has 0 aliphatic heterocycles. The number of pyridine rings is 2. The number of aromatic nitrogens is 3. The number of amides is 1. The Kier molecular flexibility index (Phi) is 5.37. The molecular weight excluding hydrogens is 434 g/mol. The zero-order valence-corrected chi connectivity index (χ0v) is 18.5. The molecule has 0 unspecified atom stereocenters. The van der Waals surface area contributed by atoms with Crippen LogP contribution in [0.5, 0.6) is 0 Å². The van der Waals surface area contributed by atoms with Gasteiger partial charge in [0.05, 0.1) is 17.4 Å². The third-order valence-electron chi connectivity index (χ3n) is 5.77. The van der Waals surface area contributed by atoms with Crippen LogP contribution in [0.1, 0.15) is 21.6 Å². The summed E-state index contributed by atoms with van der Waals surface area (Å²) in [5, 5.41) is 2.76. The molecule has 34 heavy (non-hydrogen) atoms. The fourth-order valence-corrected chi connectivity index (χ4v) is 3.92. The maximum Gasteiger partial charge on any atom is 0.274 e. The molecule has 3 aromatic heterocycles. The van der Waals surface area contributed by atoms with Crippen molar-refractivity contribution in [3.8, 4) is 22.6 Å². The van der Waals surface area contributed by atoms with E-state index in [9.17, 15) is 13.6 Å². The van der Waals surface area contributed by atoms with E-state index in [-0.39, 0.29) is 23.2 Å². The molecule has 0 spiro atoms. The quantitative estimate of drug-likeness (QED) is 0.351. The molecule has 0 bridgehead atoms. The lowest BCUT2D eigenvalue weighted by molar-refractivity contribution is 0.102. The predicted octanol–water partition coefficient (Wildman–Crippen LogP) is 6.21. The standard InChI is InChI=1S/C27H20F2N4O/c1-16-8-13-23(32-25(16)27(34)31-19-11-9-18(28)10-12-19)21-6-4-14-33-24(21)15-30-26(33)20-5-3-7-22(29)17(20)2/h3-15H,1-2H3,(H,31,34). The smallest absolute Gasteiger partial charge is 0.274 e. The number of carbonyl (C=O) groups is 1. The van der Waals surface area contributed by atoms with Gasteiger partial charge in [-0.3, -0.25) is 9.20 Å². The summed E-state index contributed by atoms with van der Waals surface area (Å²) in [6.07, 6.45) is 3.58. The first-order chi connectivity index (χ1) is 16.4. The largest absolute Gasteiger partial charge is 0.321 e. The SMILES string of the molecule is Cc1ccc(-c2cccn3c(-c4cccc(F)c4C)ncc23)nc1C(=O)Nc1ccc(F)cc1. The van der Waals surface area contributed by atoms with Crippen LogP contribution in [0.15, 0.2) is 79.1 Å². The molecular formula is C27H20F2N4O. The summed E-state index contributed by atoms with van der Waals surface area (Å²) in [5.41, 5.74) is 4.84. The number of rotatable bonds is 4. The molecule has 5 rings (SSSR count). The highest BCUT2D eigenvalue weighted by Gasteiger charge is 2.17. The van der Waals surface area contributed by atoms with Gasteiger partial charge in [-0.25, -0.2) is 18.7 Å². The van der Waals surface area contributed by atoms with Crippen molar-refractivity contribution in [3.05, 3.63) is 108 Å². The molecule has 1 amide bonds. The number of aryl methyl sites for hydroxylation is 1. The van der Waals surface area contributed by atoms with Gasteiger partial charge in [-0.15, -0.1) is 0 Å². The minimum absolute atomic E-state index is 0.268. The van der Waals surface area contributed by atoms with Crippen molar-refractivity contribution in [3.63, 3.8) is 0 Å². The van der Waals surface area contributed by atoms with Crippen LogP contribution in [-0.4, -0.2) is 20.3 Å². The Balaban J connectivity index is 1.55. The Morgan fingerprint density at radius 3 is 2.47 bits per heavy atom. The first-order valence-electron chi connectivity index (χ1n) is 10.7. The van der Waals surface area contributed by atoms with Gasteiger partial charge in [-0.1, -0.05) is 18.2 Å². The lowest BCUT2D eigenvalue weighted by Crippen LogP contribution is -2.15. The third kappa shape index (κ3) is 3.81. The topological polar surface area (TPSA) is 59.3 Å². The number of hydrogen-bond acceptors (Lipinski definition) is 3. The Morgan fingerprint density at radius 2 is 1.68 bits per heavy atom. The molecule has 168 valence electrons. The van der Waals surface area contributed by atoms with Gasteiger partial charge in [-0.05, 0) is 73.5 Å². The number of imidazole rings is 1. The average Bonchev–Trinajstić information content (AvgIpc) is 3.27. The fraction of sp³-hybridized carbons (Fsp3) is 0.0741. The highest BCUT2D eigenvalue weighted by Crippen LogP contribution is 2.30. The maximum absolute atomic E-state index is 14.1. The van der Waals surface area contributed by atoms with E-state index >= 15 is 0 Å². The molecule has 2 aromatic carbocycles. The first kappa shape index (κ1) is 21.5. The summed E-state index contributed by atoms with van der Waals surface area (Å²) in [7, 11) is 0. The van der Waals surface area contributed by atoms with Gasteiger partial charge in [0.15, 0.2) is 0 Å². The van der Waals surface area contributed by atoms with Gasteiger partial charge in [0, 0.05) is 23.0 Å². The number of benzene rings is 2. The fourth-order valence-electron chi connectivity index (χ4n) is 3.92. The van der Waals surface area contributed by atoms with Gasteiger partial charge in [0.25, 0.3) is 5.91 Å². The zero-order valence-electron chi connectivity index (χ0n) is 18.5. The second-order valence-corrected chi connectivity index (χ2v) is 7.99. The number of hydrogen-bond donors (Lipinski definition) is 1. The molecule has 0 saturated heterocycles. The van der Waals surface area contributed by atoms with Crippen LogP contribution in [0.2, 0.25) is 0 Å². The Labute approximate surface area is 194 Å². The van der Waals surface area contributed by atoms with Crippen LogP contribution < -0.4 is 5.32 Å². The van der Waals surface area contributed by atoms with E-state index in [2.05, 4.69) is 15.3 Å². The van der Waals surface area contributed by atoms with Crippen LogP contribution in [0, 0.1) is 25.5 Å². The lowest BCUT2D eigenvalue weighted by Gasteiger charge is -2.11. The minimum atomic E-state index is -0.387. The number of nitrogens with one attached hydrogen (secondary N) is 1. The number of anilines is 1. The van der Waals surface area contributed by atoms with E-state index in [0.717, 1.165) is 11.1 Å². The highest BCUT2D eigenvalue weighted by molar-refractivity contribution is 6.04. The molecule has 7 heteroatoms. The molecule has 3 heterocycles. The van der Waals surface area contributed by atoms with Crippen molar-refractivity contribution in [1.82, 2.24) is 14.4 Å². The predicted molar refractivity (Wildman–Crippen MR) is 128 cm³/mol. The number of nitrogens with zero attached hydrogens (tertiary/aromatic N) is 3. The molecule has 0 fully saturated rings. The third-order valence-corrected chi connectivity index (χ3v) is 5.77. The average molecular weight is 454 g/mol. The van der Waals surface area contributed by atoms with Crippen LogP contribution in [0.4, 0.5) is 14.5 Å². The van der Waals surface area contributed by atoms with Crippen molar-refractivity contribution in [2.45, 2.75) is 13.8 Å². The molecule has 0 aliphatic rings. The monoisotopic (exact) mass is 454 g/mol. The van der Waals surface area contributed by atoms with Crippen LogP contribution >= 0.6 is 0 Å². The number of fused-ring (bicyclic) bond motifs is 1. The molecule has 5 aromatic rings. The maximum atomic E-state index is 14.1. The van der Waals surface area contributed by atoms with Crippen molar-refractivity contribution in [2.75, 3.05) is 5.32 Å².